The van der Waals surface area contributed by atoms with Crippen molar-refractivity contribution >= 4 is 16.8 Å². The predicted octanol–water partition coefficient (Wildman–Crippen LogP) is 2.91. The maximum absolute atomic E-state index is 13.5. The van der Waals surface area contributed by atoms with E-state index in [0.29, 0.717) is 34.3 Å². The summed E-state index contributed by atoms with van der Waals surface area (Å²) in [4.78, 5) is 32.0. The number of aromatic nitrogens is 2. The molecule has 5 rings (SSSR count). The van der Waals surface area contributed by atoms with Crippen molar-refractivity contribution in [2.75, 3.05) is 6.54 Å². The van der Waals surface area contributed by atoms with Gasteiger partial charge in [-0.2, -0.15) is 0 Å². The van der Waals surface area contributed by atoms with E-state index in [0.717, 1.165) is 12.8 Å². The second kappa shape index (κ2) is 6.99. The summed E-state index contributed by atoms with van der Waals surface area (Å²) in [7, 11) is 0. The number of ether oxygens (including phenoxy) is 1. The van der Waals surface area contributed by atoms with E-state index in [9.17, 15) is 14.0 Å². The number of rotatable bonds is 3. The number of hydrogen-bond acceptors (Lipinski definition) is 4. The first kappa shape index (κ1) is 18.4. The Balaban J connectivity index is 1.56. The van der Waals surface area contributed by atoms with Crippen LogP contribution >= 0.6 is 0 Å². The Bertz CT molecular complexity index is 1280. The number of benzene rings is 2. The number of carbonyl (C=O) groups excluding carboxylic acids is 1. The molecule has 1 unspecified atom stereocenters. The quantitative estimate of drug-likeness (QED) is 0.631. The van der Waals surface area contributed by atoms with E-state index in [1.807, 2.05) is 0 Å². The Kier molecular flexibility index (Phi) is 4.28. The van der Waals surface area contributed by atoms with E-state index in [2.05, 4.69) is 10.9 Å². The number of carbonyl (C=O) groups is 1. The maximum Gasteiger partial charge on any atom is 0.262 e. The molecule has 150 valence electrons. The second-order valence-electron chi connectivity index (χ2n) is 7.55. The molecule has 0 spiro atoms. The van der Waals surface area contributed by atoms with E-state index >= 15 is 0 Å². The summed E-state index contributed by atoms with van der Waals surface area (Å²) in [5.41, 5.74) is 1.18. The highest BCUT2D eigenvalue weighted by atomic mass is 19.1. The van der Waals surface area contributed by atoms with Crippen LogP contribution in [0.25, 0.3) is 10.9 Å². The molecule has 2 atom stereocenters. The summed E-state index contributed by atoms with van der Waals surface area (Å²) in [5.74, 6) is 2.54. The van der Waals surface area contributed by atoms with Gasteiger partial charge in [-0.25, -0.2) is 9.37 Å². The lowest BCUT2D eigenvalue weighted by molar-refractivity contribution is 0.0295. The average molecular weight is 403 g/mol. The highest BCUT2D eigenvalue weighted by Crippen LogP contribution is 2.34. The van der Waals surface area contributed by atoms with Crippen molar-refractivity contribution in [1.29, 1.82) is 0 Å². The van der Waals surface area contributed by atoms with Crippen LogP contribution in [0.4, 0.5) is 4.39 Å². The first-order valence-corrected chi connectivity index (χ1v) is 9.78. The minimum atomic E-state index is -0.625. The molecule has 1 fully saturated rings. The standard InChI is InChI=1S/C23H18FN3O3/c1-2-16(10-14-5-3-6-15(24)9-14)27-13-25-19-11-18-20(12-17(19)22(27)28)30-21-7-4-8-26(21)23(18)29/h1,3,5-6,9,11-13,16,21H,4,7-8,10H2/t16-,21?/m1/s1. The van der Waals surface area contributed by atoms with Gasteiger partial charge in [-0.3, -0.25) is 14.2 Å². The van der Waals surface area contributed by atoms with Crippen LogP contribution in [-0.2, 0) is 6.42 Å². The SMILES string of the molecule is C#C[C@H](Cc1cccc(F)c1)n1cnc2cc3c(cc2c1=O)OC1CCCN1C3=O. The van der Waals surface area contributed by atoms with Crippen molar-refractivity contribution < 1.29 is 13.9 Å². The molecule has 1 saturated heterocycles. The van der Waals surface area contributed by atoms with Crippen molar-refractivity contribution in [1.82, 2.24) is 14.5 Å². The molecule has 0 aliphatic carbocycles. The van der Waals surface area contributed by atoms with Crippen LogP contribution < -0.4 is 10.3 Å². The van der Waals surface area contributed by atoms with Crippen LogP contribution in [0.5, 0.6) is 5.75 Å². The summed E-state index contributed by atoms with van der Waals surface area (Å²) < 4.78 is 20.9. The molecule has 1 aromatic heterocycles. The van der Waals surface area contributed by atoms with Gasteiger partial charge < -0.3 is 9.64 Å². The smallest absolute Gasteiger partial charge is 0.262 e. The van der Waals surface area contributed by atoms with Crippen molar-refractivity contribution in [2.24, 2.45) is 0 Å². The fourth-order valence-electron chi connectivity index (χ4n) is 4.17. The highest BCUT2D eigenvalue weighted by molar-refractivity contribution is 6.01. The topological polar surface area (TPSA) is 64.4 Å². The average Bonchev–Trinajstić information content (AvgIpc) is 3.21. The van der Waals surface area contributed by atoms with Gasteiger partial charge in [0, 0.05) is 19.4 Å². The maximum atomic E-state index is 13.5. The van der Waals surface area contributed by atoms with Gasteiger partial charge in [0.25, 0.3) is 11.5 Å². The molecule has 2 aliphatic heterocycles. The molecule has 2 aliphatic rings. The van der Waals surface area contributed by atoms with Gasteiger partial charge >= 0.3 is 0 Å². The number of nitrogens with zero attached hydrogens (tertiary/aromatic N) is 3. The largest absolute Gasteiger partial charge is 0.470 e. The van der Waals surface area contributed by atoms with E-state index in [4.69, 9.17) is 11.2 Å². The molecule has 2 aromatic carbocycles. The van der Waals surface area contributed by atoms with Gasteiger partial charge in [-0.15, -0.1) is 6.42 Å². The van der Waals surface area contributed by atoms with E-state index in [-0.39, 0.29) is 29.9 Å². The molecule has 6 nitrogen and oxygen atoms in total. The summed E-state index contributed by atoms with van der Waals surface area (Å²) in [6.07, 6.45) is 8.73. The zero-order valence-corrected chi connectivity index (χ0v) is 16.0. The van der Waals surface area contributed by atoms with Gasteiger partial charge in [0.2, 0.25) is 0 Å². The third kappa shape index (κ3) is 2.92. The van der Waals surface area contributed by atoms with Crippen LogP contribution in [0, 0.1) is 18.2 Å². The molecular formula is C23H18FN3O3. The summed E-state index contributed by atoms with van der Waals surface area (Å²) in [6, 6.07) is 8.68. The van der Waals surface area contributed by atoms with Gasteiger partial charge in [0.1, 0.15) is 17.6 Å². The molecule has 7 heteroatoms. The van der Waals surface area contributed by atoms with E-state index in [1.165, 1.54) is 23.0 Å². The fraction of sp³-hybridized carbons (Fsp3) is 0.261. The lowest BCUT2D eigenvalue weighted by atomic mass is 10.1. The third-order valence-corrected chi connectivity index (χ3v) is 5.68. The normalized spacial score (nSPS) is 18.5. The predicted molar refractivity (Wildman–Crippen MR) is 109 cm³/mol. The molecule has 1 amide bonds. The zero-order chi connectivity index (χ0) is 20.8. The van der Waals surface area contributed by atoms with Crippen LogP contribution in [0.1, 0.15) is 34.8 Å². The van der Waals surface area contributed by atoms with Crippen LogP contribution in [0.3, 0.4) is 0 Å². The summed E-state index contributed by atoms with van der Waals surface area (Å²) >= 11 is 0. The summed E-state index contributed by atoms with van der Waals surface area (Å²) in [6.45, 7) is 0.667. The Morgan fingerprint density at radius 1 is 1.30 bits per heavy atom. The van der Waals surface area contributed by atoms with Crippen molar-refractivity contribution in [3.05, 3.63) is 70.0 Å². The Morgan fingerprint density at radius 3 is 2.97 bits per heavy atom. The number of halogens is 1. The molecule has 0 saturated carbocycles. The first-order valence-electron chi connectivity index (χ1n) is 9.78. The molecule has 3 heterocycles. The van der Waals surface area contributed by atoms with Gasteiger partial charge in [0.15, 0.2) is 6.23 Å². The van der Waals surface area contributed by atoms with Crippen LogP contribution in [0.2, 0.25) is 0 Å². The first-order chi connectivity index (χ1) is 14.5. The monoisotopic (exact) mass is 403 g/mol. The van der Waals surface area contributed by atoms with Crippen molar-refractivity contribution in [3.8, 4) is 18.1 Å². The number of terminal acetylenes is 1. The summed E-state index contributed by atoms with van der Waals surface area (Å²) in [5, 5.41) is 0.329. The number of amides is 1. The molecular weight excluding hydrogens is 385 g/mol. The van der Waals surface area contributed by atoms with Gasteiger partial charge in [0.05, 0.1) is 22.8 Å². The molecule has 0 bridgehead atoms. The van der Waals surface area contributed by atoms with E-state index < -0.39 is 6.04 Å². The lowest BCUT2D eigenvalue weighted by Gasteiger charge is -2.31. The van der Waals surface area contributed by atoms with Gasteiger partial charge in [-0.1, -0.05) is 18.1 Å². The molecule has 0 radical (unpaired) electrons. The minimum Gasteiger partial charge on any atom is -0.470 e. The van der Waals surface area contributed by atoms with Crippen molar-refractivity contribution in [3.63, 3.8) is 0 Å². The highest BCUT2D eigenvalue weighted by Gasteiger charge is 2.37. The fourth-order valence-corrected chi connectivity index (χ4v) is 4.17. The minimum absolute atomic E-state index is 0.0979. The molecule has 0 N–H and O–H groups in total. The number of hydrogen-bond donors (Lipinski definition) is 0. The lowest BCUT2D eigenvalue weighted by Crippen LogP contribution is -2.43. The van der Waals surface area contributed by atoms with E-state index in [1.54, 1.807) is 29.2 Å². The Hall–Kier alpha value is -3.66. The van der Waals surface area contributed by atoms with Gasteiger partial charge in [-0.05, 0) is 36.2 Å². The Labute approximate surface area is 171 Å². The Morgan fingerprint density at radius 2 is 2.17 bits per heavy atom. The zero-order valence-electron chi connectivity index (χ0n) is 16.0. The third-order valence-electron chi connectivity index (χ3n) is 5.68. The molecule has 3 aromatic rings. The van der Waals surface area contributed by atoms with Crippen LogP contribution in [-0.4, -0.2) is 33.1 Å². The molecule has 30 heavy (non-hydrogen) atoms. The van der Waals surface area contributed by atoms with Crippen LogP contribution in [0.15, 0.2) is 47.5 Å². The second-order valence-corrected chi connectivity index (χ2v) is 7.55. The number of fused-ring (bicyclic) bond motifs is 3. The van der Waals surface area contributed by atoms with Crippen molar-refractivity contribution in [2.45, 2.75) is 31.5 Å².